The molecule has 94 valence electrons. The number of carbonyl (C=O) groups is 1. The van der Waals surface area contributed by atoms with E-state index in [4.69, 9.17) is 15.2 Å². The van der Waals surface area contributed by atoms with Crippen molar-refractivity contribution in [2.24, 2.45) is 11.7 Å². The van der Waals surface area contributed by atoms with Crippen LogP contribution in [0.15, 0.2) is 18.2 Å². The SMILES string of the molecule is COc1cc(C)ccc1OC(=O)C(N)C(C)C. The first kappa shape index (κ1) is 13.5. The van der Waals surface area contributed by atoms with Gasteiger partial charge in [-0.3, -0.25) is 0 Å². The Labute approximate surface area is 102 Å². The number of aryl methyl sites for hydroxylation is 1. The van der Waals surface area contributed by atoms with Gasteiger partial charge in [0.1, 0.15) is 6.04 Å². The van der Waals surface area contributed by atoms with Crippen molar-refractivity contribution < 1.29 is 14.3 Å². The van der Waals surface area contributed by atoms with E-state index >= 15 is 0 Å². The summed E-state index contributed by atoms with van der Waals surface area (Å²) in [7, 11) is 1.54. The first-order valence-electron chi connectivity index (χ1n) is 5.57. The highest BCUT2D eigenvalue weighted by Gasteiger charge is 2.20. The molecular weight excluding hydrogens is 218 g/mol. The average molecular weight is 237 g/mol. The molecule has 1 unspecified atom stereocenters. The van der Waals surface area contributed by atoms with E-state index in [-0.39, 0.29) is 5.92 Å². The van der Waals surface area contributed by atoms with Gasteiger partial charge in [-0.1, -0.05) is 19.9 Å². The fourth-order valence-electron chi connectivity index (χ4n) is 1.31. The molecule has 0 aromatic heterocycles. The van der Waals surface area contributed by atoms with Gasteiger partial charge in [0.15, 0.2) is 11.5 Å². The number of hydrogen-bond donors (Lipinski definition) is 1. The Bertz CT molecular complexity index is 402. The summed E-state index contributed by atoms with van der Waals surface area (Å²) in [5.41, 5.74) is 6.75. The van der Waals surface area contributed by atoms with Gasteiger partial charge < -0.3 is 15.2 Å². The van der Waals surface area contributed by atoms with Crippen LogP contribution < -0.4 is 15.2 Å². The molecular formula is C13H19NO3. The minimum atomic E-state index is -0.624. The topological polar surface area (TPSA) is 61.5 Å². The van der Waals surface area contributed by atoms with Crippen molar-refractivity contribution in [3.8, 4) is 11.5 Å². The van der Waals surface area contributed by atoms with Crippen molar-refractivity contribution in [1.82, 2.24) is 0 Å². The molecule has 4 nitrogen and oxygen atoms in total. The molecule has 0 aliphatic rings. The number of rotatable bonds is 4. The molecule has 1 atom stereocenters. The second kappa shape index (κ2) is 5.68. The molecule has 1 rings (SSSR count). The van der Waals surface area contributed by atoms with Gasteiger partial charge in [-0.15, -0.1) is 0 Å². The van der Waals surface area contributed by atoms with Crippen LogP contribution in [0.2, 0.25) is 0 Å². The first-order chi connectivity index (χ1) is 7.95. The molecule has 0 bridgehead atoms. The largest absolute Gasteiger partial charge is 0.493 e. The summed E-state index contributed by atoms with van der Waals surface area (Å²) in [4.78, 5) is 11.7. The molecule has 0 amide bonds. The van der Waals surface area contributed by atoms with Crippen molar-refractivity contribution in [2.45, 2.75) is 26.8 Å². The number of hydrogen-bond acceptors (Lipinski definition) is 4. The highest BCUT2D eigenvalue weighted by atomic mass is 16.6. The molecule has 0 aliphatic carbocycles. The van der Waals surface area contributed by atoms with Crippen LogP contribution >= 0.6 is 0 Å². The van der Waals surface area contributed by atoms with Crippen molar-refractivity contribution in [1.29, 1.82) is 0 Å². The lowest BCUT2D eigenvalue weighted by molar-refractivity contribution is -0.136. The fraction of sp³-hybridized carbons (Fsp3) is 0.462. The van der Waals surface area contributed by atoms with Crippen LogP contribution in [0.3, 0.4) is 0 Å². The number of methoxy groups -OCH3 is 1. The molecule has 0 heterocycles. The molecule has 0 radical (unpaired) electrons. The number of ether oxygens (including phenoxy) is 2. The van der Waals surface area contributed by atoms with Gasteiger partial charge >= 0.3 is 5.97 Å². The van der Waals surface area contributed by atoms with E-state index in [0.717, 1.165) is 5.56 Å². The van der Waals surface area contributed by atoms with Gasteiger partial charge in [-0.2, -0.15) is 0 Å². The molecule has 0 fully saturated rings. The van der Waals surface area contributed by atoms with Gasteiger partial charge in [0.05, 0.1) is 7.11 Å². The Morgan fingerprint density at radius 1 is 1.29 bits per heavy atom. The van der Waals surface area contributed by atoms with E-state index in [9.17, 15) is 4.79 Å². The van der Waals surface area contributed by atoms with Crippen LogP contribution in [0.5, 0.6) is 11.5 Å². The van der Waals surface area contributed by atoms with E-state index in [1.54, 1.807) is 6.07 Å². The summed E-state index contributed by atoms with van der Waals surface area (Å²) in [5.74, 6) is 0.537. The second-order valence-corrected chi connectivity index (χ2v) is 4.35. The molecule has 17 heavy (non-hydrogen) atoms. The van der Waals surface area contributed by atoms with Crippen LogP contribution in [-0.2, 0) is 4.79 Å². The molecule has 1 aromatic rings. The second-order valence-electron chi connectivity index (χ2n) is 4.35. The summed E-state index contributed by atoms with van der Waals surface area (Å²) < 4.78 is 10.4. The molecule has 0 saturated heterocycles. The molecule has 0 aliphatic heterocycles. The summed E-state index contributed by atoms with van der Waals surface area (Å²) in [5, 5.41) is 0. The predicted octanol–water partition coefficient (Wildman–Crippen LogP) is 1.89. The standard InChI is InChI=1S/C13H19NO3/c1-8(2)12(14)13(15)17-10-6-5-9(3)7-11(10)16-4/h5-8,12H,14H2,1-4H3. The third-order valence-corrected chi connectivity index (χ3v) is 2.52. The van der Waals surface area contributed by atoms with Crippen molar-refractivity contribution in [2.75, 3.05) is 7.11 Å². The lowest BCUT2D eigenvalue weighted by Crippen LogP contribution is -2.38. The number of carbonyl (C=O) groups excluding carboxylic acids is 1. The van der Waals surface area contributed by atoms with Gasteiger partial charge in [-0.25, -0.2) is 4.79 Å². The Morgan fingerprint density at radius 3 is 2.47 bits per heavy atom. The maximum Gasteiger partial charge on any atom is 0.328 e. The smallest absolute Gasteiger partial charge is 0.328 e. The summed E-state index contributed by atoms with van der Waals surface area (Å²) in [6, 6.07) is 4.75. The highest BCUT2D eigenvalue weighted by molar-refractivity contribution is 5.78. The third-order valence-electron chi connectivity index (χ3n) is 2.52. The van der Waals surface area contributed by atoms with Crippen molar-refractivity contribution >= 4 is 5.97 Å². The monoisotopic (exact) mass is 237 g/mol. The Kier molecular flexibility index (Phi) is 4.52. The normalized spacial score (nSPS) is 12.4. The minimum Gasteiger partial charge on any atom is -0.493 e. The molecule has 1 aromatic carbocycles. The molecule has 2 N–H and O–H groups in total. The summed E-state index contributed by atoms with van der Waals surface area (Å²) in [6.07, 6.45) is 0. The number of esters is 1. The maximum atomic E-state index is 11.7. The Hall–Kier alpha value is -1.55. The van der Waals surface area contributed by atoms with E-state index in [0.29, 0.717) is 11.5 Å². The van der Waals surface area contributed by atoms with Gasteiger partial charge in [0.25, 0.3) is 0 Å². The van der Waals surface area contributed by atoms with E-state index in [2.05, 4.69) is 0 Å². The third kappa shape index (κ3) is 3.46. The van der Waals surface area contributed by atoms with E-state index < -0.39 is 12.0 Å². The fourth-order valence-corrected chi connectivity index (χ4v) is 1.31. The maximum absolute atomic E-state index is 11.7. The zero-order chi connectivity index (χ0) is 13.0. The van der Waals surface area contributed by atoms with Crippen LogP contribution in [0.4, 0.5) is 0 Å². The van der Waals surface area contributed by atoms with Crippen molar-refractivity contribution in [3.05, 3.63) is 23.8 Å². The zero-order valence-electron chi connectivity index (χ0n) is 10.7. The quantitative estimate of drug-likeness (QED) is 0.641. The number of benzene rings is 1. The summed E-state index contributed by atoms with van der Waals surface area (Å²) in [6.45, 7) is 5.69. The lowest BCUT2D eigenvalue weighted by Gasteiger charge is -2.15. The van der Waals surface area contributed by atoms with Gasteiger partial charge in [0.2, 0.25) is 0 Å². The Morgan fingerprint density at radius 2 is 1.94 bits per heavy atom. The first-order valence-corrected chi connectivity index (χ1v) is 5.57. The molecule has 0 saturated carbocycles. The van der Waals surface area contributed by atoms with Crippen LogP contribution in [0.25, 0.3) is 0 Å². The van der Waals surface area contributed by atoms with E-state index in [1.807, 2.05) is 32.9 Å². The highest BCUT2D eigenvalue weighted by Crippen LogP contribution is 2.28. The molecule has 0 spiro atoms. The van der Waals surface area contributed by atoms with Gasteiger partial charge in [-0.05, 0) is 30.5 Å². The lowest BCUT2D eigenvalue weighted by atomic mass is 10.1. The van der Waals surface area contributed by atoms with E-state index in [1.165, 1.54) is 7.11 Å². The Balaban J connectivity index is 2.84. The number of nitrogens with two attached hydrogens (primary N) is 1. The summed E-state index contributed by atoms with van der Waals surface area (Å²) >= 11 is 0. The zero-order valence-corrected chi connectivity index (χ0v) is 10.7. The molecule has 4 heteroatoms. The van der Waals surface area contributed by atoms with Crippen LogP contribution in [0, 0.1) is 12.8 Å². The van der Waals surface area contributed by atoms with Crippen molar-refractivity contribution in [3.63, 3.8) is 0 Å². The van der Waals surface area contributed by atoms with Crippen LogP contribution in [0.1, 0.15) is 19.4 Å². The predicted molar refractivity (Wildman–Crippen MR) is 66.2 cm³/mol. The minimum absolute atomic E-state index is 0.0407. The van der Waals surface area contributed by atoms with Crippen LogP contribution in [-0.4, -0.2) is 19.1 Å². The van der Waals surface area contributed by atoms with Gasteiger partial charge in [0, 0.05) is 0 Å². The average Bonchev–Trinajstić information content (AvgIpc) is 2.30.